The summed E-state index contributed by atoms with van der Waals surface area (Å²) >= 11 is 2.84. The molecule has 1 atom stereocenters. The largest absolute Gasteiger partial charge is 0.322 e. The predicted molar refractivity (Wildman–Crippen MR) is 156 cm³/mol. The van der Waals surface area contributed by atoms with E-state index in [0.29, 0.717) is 16.4 Å². The fraction of sp³-hybridized carbons (Fsp3) is 0.0690. The lowest BCUT2D eigenvalue weighted by Gasteiger charge is -2.16. The van der Waals surface area contributed by atoms with Crippen LogP contribution in [0.15, 0.2) is 102 Å². The number of fused-ring (bicyclic) bond motifs is 1. The average Bonchev–Trinajstić information content (AvgIpc) is 3.34. The summed E-state index contributed by atoms with van der Waals surface area (Å²) < 4.78 is 1.01. The number of hydrogen-bond acceptors (Lipinski definition) is 7. The highest BCUT2D eigenvalue weighted by Gasteiger charge is 2.23. The molecule has 0 aliphatic rings. The van der Waals surface area contributed by atoms with E-state index in [0.717, 1.165) is 26.2 Å². The summed E-state index contributed by atoms with van der Waals surface area (Å²) in [5, 5.41) is 16.6. The molecule has 2 amide bonds. The third kappa shape index (κ3) is 6.31. The second kappa shape index (κ2) is 11.5. The first-order valence-corrected chi connectivity index (χ1v) is 13.6. The van der Waals surface area contributed by atoms with Crippen molar-refractivity contribution in [1.82, 2.24) is 4.98 Å². The predicted octanol–water partition coefficient (Wildman–Crippen LogP) is 7.24. The van der Waals surface area contributed by atoms with Gasteiger partial charge in [0.1, 0.15) is 5.25 Å². The molecule has 5 aromatic rings. The van der Waals surface area contributed by atoms with Crippen LogP contribution >= 0.6 is 23.1 Å². The summed E-state index contributed by atoms with van der Waals surface area (Å²) in [6.07, 6.45) is 0. The van der Waals surface area contributed by atoms with E-state index in [1.807, 2.05) is 67.6 Å². The van der Waals surface area contributed by atoms with Gasteiger partial charge >= 0.3 is 0 Å². The van der Waals surface area contributed by atoms with Gasteiger partial charge < -0.3 is 10.6 Å². The van der Waals surface area contributed by atoms with E-state index in [9.17, 15) is 19.7 Å². The molecule has 1 heterocycles. The quantitative estimate of drug-likeness (QED) is 0.119. The zero-order valence-electron chi connectivity index (χ0n) is 20.7. The first kappa shape index (κ1) is 26.1. The Morgan fingerprint density at radius 2 is 1.64 bits per heavy atom. The number of carbonyl (C=O) groups is 2. The third-order valence-electron chi connectivity index (χ3n) is 5.82. The number of carbonyl (C=O) groups excluding carboxylic acids is 2. The zero-order chi connectivity index (χ0) is 27.4. The number of aromatic nitrogens is 1. The van der Waals surface area contributed by atoms with Crippen molar-refractivity contribution in [1.29, 1.82) is 0 Å². The summed E-state index contributed by atoms with van der Waals surface area (Å²) in [5.74, 6) is -0.560. The second-order valence-electron chi connectivity index (χ2n) is 8.67. The summed E-state index contributed by atoms with van der Waals surface area (Å²) in [5.41, 5.74) is 3.62. The van der Waals surface area contributed by atoms with Crippen molar-refractivity contribution in [2.75, 3.05) is 10.6 Å². The van der Waals surface area contributed by atoms with Gasteiger partial charge in [0, 0.05) is 28.3 Å². The number of nitro benzene ring substituents is 1. The molecule has 4 aromatic carbocycles. The molecule has 0 radical (unpaired) electrons. The fourth-order valence-corrected chi connectivity index (χ4v) is 5.84. The van der Waals surface area contributed by atoms with Crippen molar-refractivity contribution in [2.45, 2.75) is 17.1 Å². The van der Waals surface area contributed by atoms with Gasteiger partial charge in [-0.25, -0.2) is 4.98 Å². The van der Waals surface area contributed by atoms with E-state index in [1.165, 1.54) is 47.4 Å². The van der Waals surface area contributed by atoms with Crippen LogP contribution in [0, 0.1) is 17.0 Å². The van der Waals surface area contributed by atoms with Crippen LogP contribution in [0.25, 0.3) is 10.2 Å². The molecule has 0 fully saturated rings. The number of thioether (sulfide) groups is 1. The van der Waals surface area contributed by atoms with Crippen LogP contribution in [0.3, 0.4) is 0 Å². The fourth-order valence-electron chi connectivity index (χ4n) is 3.85. The van der Waals surface area contributed by atoms with Crippen LogP contribution in [0.5, 0.6) is 0 Å². The number of thiazole rings is 1. The number of rotatable bonds is 8. The average molecular weight is 555 g/mol. The number of aryl methyl sites for hydroxylation is 1. The van der Waals surface area contributed by atoms with Crippen molar-refractivity contribution in [2.24, 2.45) is 0 Å². The molecule has 0 saturated carbocycles. The van der Waals surface area contributed by atoms with Gasteiger partial charge in [-0.1, -0.05) is 47.7 Å². The van der Waals surface area contributed by atoms with E-state index in [4.69, 9.17) is 0 Å². The van der Waals surface area contributed by atoms with Crippen molar-refractivity contribution in [3.63, 3.8) is 0 Å². The Morgan fingerprint density at radius 3 is 2.33 bits per heavy atom. The molecule has 2 N–H and O–H groups in total. The molecule has 1 aromatic heterocycles. The highest BCUT2D eigenvalue weighted by molar-refractivity contribution is 8.00. The molecule has 1 unspecified atom stereocenters. The first-order chi connectivity index (χ1) is 18.9. The molecular weight excluding hydrogens is 532 g/mol. The molecule has 0 bridgehead atoms. The maximum atomic E-state index is 13.4. The standard InChI is InChI=1S/C29H22N4O4S2/c1-18-7-16-24-25(17-18)39-29(31-24)32-28(35)26(19-5-3-2-4-6-19)38-23-14-10-21(11-15-23)30-27(34)20-8-12-22(13-9-20)33(36)37/h2-17,26H,1H3,(H,30,34)(H,31,32,35). The Morgan fingerprint density at radius 1 is 0.923 bits per heavy atom. The van der Waals surface area contributed by atoms with Crippen LogP contribution < -0.4 is 10.6 Å². The lowest BCUT2D eigenvalue weighted by Crippen LogP contribution is -2.18. The summed E-state index contributed by atoms with van der Waals surface area (Å²) in [6, 6.07) is 28.1. The minimum absolute atomic E-state index is 0.0804. The highest BCUT2D eigenvalue weighted by Crippen LogP contribution is 2.37. The zero-order valence-corrected chi connectivity index (χ0v) is 22.3. The van der Waals surface area contributed by atoms with Crippen molar-refractivity contribution >= 4 is 61.6 Å². The lowest BCUT2D eigenvalue weighted by atomic mass is 10.1. The smallest absolute Gasteiger partial charge is 0.269 e. The van der Waals surface area contributed by atoms with Crippen LogP contribution in [0.1, 0.15) is 26.7 Å². The number of anilines is 2. The first-order valence-electron chi connectivity index (χ1n) is 11.9. The summed E-state index contributed by atoms with van der Waals surface area (Å²) in [4.78, 5) is 41.7. The number of nitrogens with one attached hydrogen (secondary N) is 2. The van der Waals surface area contributed by atoms with Gasteiger partial charge in [0.25, 0.3) is 11.6 Å². The van der Waals surface area contributed by atoms with Gasteiger partial charge in [-0.3, -0.25) is 19.7 Å². The van der Waals surface area contributed by atoms with Crippen molar-refractivity contribution in [3.8, 4) is 0 Å². The van der Waals surface area contributed by atoms with Gasteiger partial charge in [0.05, 0.1) is 15.1 Å². The van der Waals surface area contributed by atoms with Gasteiger partial charge in [0.2, 0.25) is 5.91 Å². The molecule has 39 heavy (non-hydrogen) atoms. The topological polar surface area (TPSA) is 114 Å². The van der Waals surface area contributed by atoms with E-state index in [-0.39, 0.29) is 17.5 Å². The SMILES string of the molecule is Cc1ccc2nc(NC(=O)C(Sc3ccc(NC(=O)c4ccc([N+](=O)[O-])cc4)cc3)c3ccccc3)sc2c1. The number of nitrogens with zero attached hydrogens (tertiary/aromatic N) is 2. The number of hydrogen-bond donors (Lipinski definition) is 2. The van der Waals surface area contributed by atoms with Gasteiger partial charge in [-0.2, -0.15) is 0 Å². The van der Waals surface area contributed by atoms with Crippen LogP contribution in [-0.2, 0) is 4.79 Å². The maximum absolute atomic E-state index is 13.4. The highest BCUT2D eigenvalue weighted by atomic mass is 32.2. The maximum Gasteiger partial charge on any atom is 0.269 e. The van der Waals surface area contributed by atoms with Gasteiger partial charge in [-0.15, -0.1) is 11.8 Å². The Labute approximate surface area is 232 Å². The Balaban J connectivity index is 1.30. The van der Waals surface area contributed by atoms with E-state index in [1.54, 1.807) is 12.1 Å². The van der Waals surface area contributed by atoms with Crippen LogP contribution in [0.2, 0.25) is 0 Å². The van der Waals surface area contributed by atoms with E-state index >= 15 is 0 Å². The normalized spacial score (nSPS) is 11.6. The summed E-state index contributed by atoms with van der Waals surface area (Å²) in [6.45, 7) is 2.02. The summed E-state index contributed by atoms with van der Waals surface area (Å²) in [7, 11) is 0. The molecule has 0 aliphatic heterocycles. The molecule has 8 nitrogen and oxygen atoms in total. The Bertz CT molecular complexity index is 1650. The minimum Gasteiger partial charge on any atom is -0.322 e. The van der Waals surface area contributed by atoms with Crippen LogP contribution in [0.4, 0.5) is 16.5 Å². The molecule has 5 rings (SSSR count). The molecule has 0 spiro atoms. The minimum atomic E-state index is -0.527. The number of non-ortho nitro benzene ring substituents is 1. The lowest BCUT2D eigenvalue weighted by molar-refractivity contribution is -0.384. The van der Waals surface area contributed by atoms with Gasteiger partial charge in [-0.05, 0) is 66.6 Å². The number of benzene rings is 4. The second-order valence-corrected chi connectivity index (χ2v) is 10.9. The van der Waals surface area contributed by atoms with E-state index in [2.05, 4.69) is 15.6 Å². The molecule has 194 valence electrons. The Hall–Kier alpha value is -4.54. The Kier molecular flexibility index (Phi) is 7.67. The molecule has 0 saturated heterocycles. The third-order valence-corrected chi connectivity index (χ3v) is 8.02. The molecule has 0 aliphatic carbocycles. The van der Waals surface area contributed by atoms with Crippen molar-refractivity contribution in [3.05, 3.63) is 124 Å². The number of nitro groups is 1. The molecular formula is C29H22N4O4S2. The van der Waals surface area contributed by atoms with Gasteiger partial charge in [0.15, 0.2) is 5.13 Å². The number of amides is 2. The van der Waals surface area contributed by atoms with Crippen molar-refractivity contribution < 1.29 is 14.5 Å². The van der Waals surface area contributed by atoms with E-state index < -0.39 is 10.2 Å². The van der Waals surface area contributed by atoms with Crippen LogP contribution in [-0.4, -0.2) is 21.7 Å². The molecule has 10 heteroatoms. The monoisotopic (exact) mass is 554 g/mol.